The summed E-state index contributed by atoms with van der Waals surface area (Å²) in [6, 6.07) is 6.83. The van der Waals surface area contributed by atoms with Gasteiger partial charge in [0.1, 0.15) is 5.82 Å². The van der Waals surface area contributed by atoms with Crippen molar-refractivity contribution in [2.75, 3.05) is 26.7 Å². The molecule has 0 aliphatic carbocycles. The summed E-state index contributed by atoms with van der Waals surface area (Å²) in [5, 5.41) is 9.83. The van der Waals surface area contributed by atoms with Crippen LogP contribution in [-0.4, -0.2) is 48.8 Å². The number of carbonyl (C=O) groups excluding carboxylic acids is 1. The summed E-state index contributed by atoms with van der Waals surface area (Å²) in [5.41, 5.74) is 0.731. The highest BCUT2D eigenvalue weighted by Gasteiger charge is 2.30. The normalized spacial score (nSPS) is 18.4. The van der Waals surface area contributed by atoms with E-state index < -0.39 is 12.1 Å². The van der Waals surface area contributed by atoms with Crippen molar-refractivity contribution >= 4 is 5.97 Å². The third-order valence-electron chi connectivity index (χ3n) is 4.18. The maximum absolute atomic E-state index is 13.5. The second-order valence-electron chi connectivity index (χ2n) is 5.49. The lowest BCUT2D eigenvalue weighted by Crippen LogP contribution is -2.41. The first kappa shape index (κ1) is 15.9. The van der Waals surface area contributed by atoms with E-state index >= 15 is 0 Å². The van der Waals surface area contributed by atoms with Gasteiger partial charge in [0.15, 0.2) is 6.10 Å². The SMILES string of the molecule is COC(=O)[C@H](O)C1CCN(CCc2ccccc2F)CC1. The molecule has 4 nitrogen and oxygen atoms in total. The first-order chi connectivity index (χ1) is 10.1. The summed E-state index contributed by atoms with van der Waals surface area (Å²) in [4.78, 5) is 13.6. The van der Waals surface area contributed by atoms with Crippen LogP contribution >= 0.6 is 0 Å². The van der Waals surface area contributed by atoms with Crippen LogP contribution in [0.15, 0.2) is 24.3 Å². The summed E-state index contributed by atoms with van der Waals surface area (Å²) >= 11 is 0. The Bertz CT molecular complexity index is 472. The molecule has 1 atom stereocenters. The van der Waals surface area contributed by atoms with Crippen molar-refractivity contribution in [2.24, 2.45) is 5.92 Å². The molecule has 0 bridgehead atoms. The molecule has 0 unspecified atom stereocenters. The molecule has 21 heavy (non-hydrogen) atoms. The minimum atomic E-state index is -1.02. The molecule has 1 fully saturated rings. The van der Waals surface area contributed by atoms with Crippen molar-refractivity contribution in [3.05, 3.63) is 35.6 Å². The first-order valence-electron chi connectivity index (χ1n) is 7.33. The second kappa shape index (κ2) is 7.52. The van der Waals surface area contributed by atoms with E-state index in [2.05, 4.69) is 9.64 Å². The van der Waals surface area contributed by atoms with Crippen LogP contribution in [0.2, 0.25) is 0 Å². The number of hydrogen-bond donors (Lipinski definition) is 1. The van der Waals surface area contributed by atoms with Gasteiger partial charge in [0.2, 0.25) is 0 Å². The van der Waals surface area contributed by atoms with E-state index in [-0.39, 0.29) is 11.7 Å². The maximum atomic E-state index is 13.5. The molecule has 1 aliphatic heterocycles. The molecule has 1 saturated heterocycles. The molecule has 1 aliphatic rings. The number of carbonyl (C=O) groups is 1. The highest BCUT2D eigenvalue weighted by Crippen LogP contribution is 2.21. The summed E-state index contributed by atoms with van der Waals surface area (Å²) < 4.78 is 18.1. The molecular weight excluding hydrogens is 273 g/mol. The number of aliphatic hydroxyl groups excluding tert-OH is 1. The van der Waals surface area contributed by atoms with Gasteiger partial charge in [-0.25, -0.2) is 9.18 Å². The highest BCUT2D eigenvalue weighted by atomic mass is 19.1. The van der Waals surface area contributed by atoms with Crippen molar-refractivity contribution in [3.8, 4) is 0 Å². The Balaban J connectivity index is 1.77. The molecule has 0 saturated carbocycles. The zero-order valence-electron chi connectivity index (χ0n) is 12.3. The first-order valence-corrected chi connectivity index (χ1v) is 7.33. The summed E-state index contributed by atoms with van der Waals surface area (Å²) in [7, 11) is 1.29. The van der Waals surface area contributed by atoms with Crippen LogP contribution in [0.3, 0.4) is 0 Å². The molecule has 2 rings (SSSR count). The zero-order valence-corrected chi connectivity index (χ0v) is 12.3. The molecule has 1 N–H and O–H groups in total. The Morgan fingerprint density at radius 1 is 1.43 bits per heavy atom. The summed E-state index contributed by atoms with van der Waals surface area (Å²) in [6.07, 6.45) is 1.17. The predicted molar refractivity (Wildman–Crippen MR) is 77.3 cm³/mol. The number of aliphatic hydroxyl groups is 1. The number of piperidine rings is 1. The average Bonchev–Trinajstić information content (AvgIpc) is 2.53. The van der Waals surface area contributed by atoms with Crippen molar-refractivity contribution in [1.29, 1.82) is 0 Å². The second-order valence-corrected chi connectivity index (χ2v) is 5.49. The van der Waals surface area contributed by atoms with Crippen molar-refractivity contribution < 1.29 is 19.0 Å². The number of methoxy groups -OCH3 is 1. The van der Waals surface area contributed by atoms with Gasteiger partial charge >= 0.3 is 5.97 Å². The van der Waals surface area contributed by atoms with E-state index in [0.29, 0.717) is 6.42 Å². The van der Waals surface area contributed by atoms with Gasteiger partial charge in [-0.1, -0.05) is 18.2 Å². The Morgan fingerprint density at radius 2 is 2.10 bits per heavy atom. The van der Waals surface area contributed by atoms with Crippen LogP contribution in [0.1, 0.15) is 18.4 Å². The molecule has 1 aromatic carbocycles. The van der Waals surface area contributed by atoms with E-state index in [1.807, 2.05) is 12.1 Å². The minimum absolute atomic E-state index is 0.0397. The fourth-order valence-corrected chi connectivity index (χ4v) is 2.79. The molecule has 116 valence electrons. The Kier molecular flexibility index (Phi) is 5.70. The molecule has 1 heterocycles. The highest BCUT2D eigenvalue weighted by molar-refractivity contribution is 5.74. The smallest absolute Gasteiger partial charge is 0.334 e. The minimum Gasteiger partial charge on any atom is -0.467 e. The van der Waals surface area contributed by atoms with Crippen molar-refractivity contribution in [1.82, 2.24) is 4.90 Å². The third kappa shape index (κ3) is 4.25. The molecule has 0 radical (unpaired) electrons. The van der Waals surface area contributed by atoms with Crippen LogP contribution in [0.25, 0.3) is 0 Å². The van der Waals surface area contributed by atoms with Gasteiger partial charge in [-0.2, -0.15) is 0 Å². The number of ether oxygens (including phenoxy) is 1. The number of benzene rings is 1. The fourth-order valence-electron chi connectivity index (χ4n) is 2.79. The quantitative estimate of drug-likeness (QED) is 0.839. The average molecular weight is 295 g/mol. The number of nitrogens with zero attached hydrogens (tertiary/aromatic N) is 1. The lowest BCUT2D eigenvalue weighted by atomic mass is 9.91. The number of esters is 1. The van der Waals surface area contributed by atoms with Gasteiger partial charge in [0.05, 0.1) is 7.11 Å². The standard InChI is InChI=1S/C16H22FNO3/c1-21-16(20)15(19)13-7-10-18(11-8-13)9-6-12-4-2-3-5-14(12)17/h2-5,13,15,19H,6-11H2,1H3/t15-/m1/s1. The fraction of sp³-hybridized carbons (Fsp3) is 0.562. The lowest BCUT2D eigenvalue weighted by Gasteiger charge is -2.33. The van der Waals surface area contributed by atoms with Crippen LogP contribution in [0, 0.1) is 11.7 Å². The largest absolute Gasteiger partial charge is 0.467 e. The Labute approximate surface area is 124 Å². The van der Waals surface area contributed by atoms with Crippen LogP contribution in [0.5, 0.6) is 0 Å². The van der Waals surface area contributed by atoms with Gasteiger partial charge in [-0.15, -0.1) is 0 Å². The van der Waals surface area contributed by atoms with E-state index in [0.717, 1.165) is 38.0 Å². The van der Waals surface area contributed by atoms with E-state index in [1.165, 1.54) is 13.2 Å². The number of likely N-dealkylation sites (tertiary alicyclic amines) is 1. The Hall–Kier alpha value is -1.46. The Morgan fingerprint density at radius 3 is 2.71 bits per heavy atom. The molecular formula is C16H22FNO3. The summed E-state index contributed by atoms with van der Waals surface area (Å²) in [5.74, 6) is -0.754. The van der Waals surface area contributed by atoms with E-state index in [9.17, 15) is 14.3 Å². The zero-order chi connectivity index (χ0) is 15.2. The van der Waals surface area contributed by atoms with Gasteiger partial charge < -0.3 is 14.7 Å². The van der Waals surface area contributed by atoms with Crippen molar-refractivity contribution in [3.63, 3.8) is 0 Å². The number of rotatable bonds is 5. The van der Waals surface area contributed by atoms with Crippen molar-refractivity contribution in [2.45, 2.75) is 25.4 Å². The maximum Gasteiger partial charge on any atom is 0.334 e. The van der Waals surface area contributed by atoms with E-state index in [1.54, 1.807) is 6.07 Å². The van der Waals surface area contributed by atoms with Crippen LogP contribution in [-0.2, 0) is 16.0 Å². The molecule has 0 amide bonds. The van der Waals surface area contributed by atoms with Gasteiger partial charge in [0, 0.05) is 6.54 Å². The molecule has 0 aromatic heterocycles. The van der Waals surface area contributed by atoms with Crippen LogP contribution in [0.4, 0.5) is 4.39 Å². The molecule has 5 heteroatoms. The number of halogens is 1. The van der Waals surface area contributed by atoms with Gasteiger partial charge in [-0.3, -0.25) is 0 Å². The van der Waals surface area contributed by atoms with E-state index in [4.69, 9.17) is 0 Å². The summed E-state index contributed by atoms with van der Waals surface area (Å²) in [6.45, 7) is 2.42. The van der Waals surface area contributed by atoms with Gasteiger partial charge in [-0.05, 0) is 49.9 Å². The molecule has 1 aromatic rings. The monoisotopic (exact) mass is 295 g/mol. The third-order valence-corrected chi connectivity index (χ3v) is 4.18. The van der Waals surface area contributed by atoms with Gasteiger partial charge in [0.25, 0.3) is 0 Å². The topological polar surface area (TPSA) is 49.8 Å². The predicted octanol–water partition coefficient (Wildman–Crippen LogP) is 1.61. The lowest BCUT2D eigenvalue weighted by molar-refractivity contribution is -0.154. The van der Waals surface area contributed by atoms with Crippen LogP contribution < -0.4 is 0 Å². The molecule has 0 spiro atoms. The number of hydrogen-bond acceptors (Lipinski definition) is 4.